The van der Waals surface area contributed by atoms with E-state index in [1.807, 2.05) is 0 Å². The number of carbonyl (C=O) groups is 1. The van der Waals surface area contributed by atoms with E-state index < -0.39 is 11.5 Å². The van der Waals surface area contributed by atoms with Crippen molar-refractivity contribution in [3.05, 3.63) is 32.3 Å². The van der Waals surface area contributed by atoms with Crippen LogP contribution >= 0.6 is 15.9 Å². The van der Waals surface area contributed by atoms with Gasteiger partial charge in [0.25, 0.3) is 5.56 Å². The standard InChI is InChI=1S/C13H16BrN3O3/c1-3-4-5-6-16-7-9(13(19)20)12(18)17-11(16)10(14)8(2)15-17/h7H,3-6H2,1-2H3,(H,19,20). The van der Waals surface area contributed by atoms with Gasteiger partial charge >= 0.3 is 5.97 Å². The number of unbranched alkanes of at least 4 members (excludes halogenated alkanes) is 2. The third-order valence-electron chi connectivity index (χ3n) is 3.18. The summed E-state index contributed by atoms with van der Waals surface area (Å²) in [6.07, 6.45) is 4.44. The molecule has 0 aliphatic rings. The van der Waals surface area contributed by atoms with Crippen LogP contribution in [0.4, 0.5) is 0 Å². The van der Waals surface area contributed by atoms with E-state index in [0.29, 0.717) is 17.9 Å². The fraction of sp³-hybridized carbons (Fsp3) is 0.462. The molecule has 0 saturated carbocycles. The van der Waals surface area contributed by atoms with Crippen LogP contribution in [0, 0.1) is 6.92 Å². The Morgan fingerprint density at radius 2 is 2.15 bits per heavy atom. The number of carboxylic acids is 1. The molecule has 0 fully saturated rings. The molecule has 2 rings (SSSR count). The molecule has 2 aromatic heterocycles. The summed E-state index contributed by atoms with van der Waals surface area (Å²) in [5.74, 6) is -1.23. The smallest absolute Gasteiger partial charge is 0.342 e. The van der Waals surface area contributed by atoms with E-state index in [2.05, 4.69) is 28.0 Å². The summed E-state index contributed by atoms with van der Waals surface area (Å²) < 4.78 is 3.67. The third-order valence-corrected chi connectivity index (χ3v) is 4.11. The van der Waals surface area contributed by atoms with Crippen LogP contribution in [0.1, 0.15) is 42.2 Å². The molecule has 0 aromatic carbocycles. The van der Waals surface area contributed by atoms with Crippen LogP contribution in [0.5, 0.6) is 0 Å². The number of hydrogen-bond donors (Lipinski definition) is 1. The molecular formula is C13H16BrN3O3. The Kier molecular flexibility index (Phi) is 4.27. The molecule has 0 radical (unpaired) electrons. The highest BCUT2D eigenvalue weighted by molar-refractivity contribution is 9.10. The van der Waals surface area contributed by atoms with Crippen molar-refractivity contribution in [2.45, 2.75) is 39.7 Å². The van der Waals surface area contributed by atoms with Crippen molar-refractivity contribution >= 4 is 27.5 Å². The second-order valence-electron chi connectivity index (χ2n) is 4.69. The first-order valence-corrected chi connectivity index (χ1v) is 7.28. The largest absolute Gasteiger partial charge is 0.477 e. The number of rotatable bonds is 5. The number of aryl methyl sites for hydroxylation is 2. The highest BCUT2D eigenvalue weighted by Gasteiger charge is 2.18. The van der Waals surface area contributed by atoms with Gasteiger partial charge in [-0.2, -0.15) is 9.61 Å². The summed E-state index contributed by atoms with van der Waals surface area (Å²) in [5.41, 5.74) is 0.402. The Balaban J connectivity index is 2.67. The number of aromatic carboxylic acids is 1. The highest BCUT2D eigenvalue weighted by atomic mass is 79.9. The second-order valence-corrected chi connectivity index (χ2v) is 5.48. The Labute approximate surface area is 124 Å². The molecule has 108 valence electrons. The van der Waals surface area contributed by atoms with E-state index in [1.165, 1.54) is 6.20 Å². The lowest BCUT2D eigenvalue weighted by Crippen LogP contribution is -2.26. The van der Waals surface area contributed by atoms with Gasteiger partial charge in [0.05, 0.1) is 10.2 Å². The molecule has 2 aromatic rings. The van der Waals surface area contributed by atoms with Gasteiger partial charge in [-0.05, 0) is 29.3 Å². The lowest BCUT2D eigenvalue weighted by Gasteiger charge is -2.10. The maximum atomic E-state index is 12.1. The summed E-state index contributed by atoms with van der Waals surface area (Å²) in [6.45, 7) is 4.53. The molecule has 0 atom stereocenters. The van der Waals surface area contributed by atoms with E-state index >= 15 is 0 Å². The fourth-order valence-corrected chi connectivity index (χ4v) is 2.60. The SMILES string of the molecule is CCCCCn1cc(C(=O)O)c(=O)n2nc(C)c(Br)c12. The van der Waals surface area contributed by atoms with Gasteiger partial charge in [0.1, 0.15) is 5.56 Å². The molecule has 0 aliphatic heterocycles. The third kappa shape index (κ3) is 2.49. The van der Waals surface area contributed by atoms with E-state index in [9.17, 15) is 9.59 Å². The van der Waals surface area contributed by atoms with Gasteiger partial charge in [-0.25, -0.2) is 4.79 Å². The maximum Gasteiger partial charge on any atom is 0.342 e. The zero-order chi connectivity index (χ0) is 14.9. The number of halogens is 1. The van der Waals surface area contributed by atoms with Gasteiger partial charge in [-0.3, -0.25) is 4.79 Å². The van der Waals surface area contributed by atoms with Crippen molar-refractivity contribution in [2.24, 2.45) is 0 Å². The Hall–Kier alpha value is -1.63. The Morgan fingerprint density at radius 3 is 2.75 bits per heavy atom. The summed E-state index contributed by atoms with van der Waals surface area (Å²) in [6, 6.07) is 0. The summed E-state index contributed by atoms with van der Waals surface area (Å²) >= 11 is 3.42. The van der Waals surface area contributed by atoms with Crippen molar-refractivity contribution in [3.8, 4) is 0 Å². The average molecular weight is 342 g/mol. The molecule has 2 heterocycles. The van der Waals surface area contributed by atoms with Gasteiger partial charge in [0.15, 0.2) is 5.65 Å². The first-order chi connectivity index (χ1) is 9.47. The Bertz CT molecular complexity index is 718. The van der Waals surface area contributed by atoms with Gasteiger partial charge in [0.2, 0.25) is 0 Å². The molecule has 0 saturated heterocycles. The van der Waals surface area contributed by atoms with Gasteiger partial charge in [-0.1, -0.05) is 19.8 Å². The lowest BCUT2D eigenvalue weighted by atomic mass is 10.2. The normalized spacial score (nSPS) is 11.2. The zero-order valence-electron chi connectivity index (χ0n) is 11.4. The van der Waals surface area contributed by atoms with Crippen LogP contribution in [0.25, 0.3) is 5.65 Å². The molecule has 0 spiro atoms. The van der Waals surface area contributed by atoms with Crippen LogP contribution in [0.15, 0.2) is 15.5 Å². The minimum absolute atomic E-state index is 0.260. The van der Waals surface area contributed by atoms with Crippen LogP contribution in [-0.2, 0) is 6.54 Å². The minimum Gasteiger partial charge on any atom is -0.477 e. The number of nitrogens with zero attached hydrogens (tertiary/aromatic N) is 3. The maximum absolute atomic E-state index is 12.1. The average Bonchev–Trinajstić information content (AvgIpc) is 2.69. The predicted molar refractivity (Wildman–Crippen MR) is 78.4 cm³/mol. The molecule has 0 unspecified atom stereocenters. The summed E-state index contributed by atoms with van der Waals surface area (Å²) in [5, 5.41) is 13.2. The van der Waals surface area contributed by atoms with Crippen molar-refractivity contribution < 1.29 is 9.90 Å². The minimum atomic E-state index is -1.23. The first kappa shape index (κ1) is 14.8. The molecule has 6 nitrogen and oxygen atoms in total. The second kappa shape index (κ2) is 5.78. The van der Waals surface area contributed by atoms with E-state index in [-0.39, 0.29) is 5.56 Å². The van der Waals surface area contributed by atoms with Crippen molar-refractivity contribution in [3.63, 3.8) is 0 Å². The van der Waals surface area contributed by atoms with Gasteiger partial charge in [0, 0.05) is 12.7 Å². The monoisotopic (exact) mass is 341 g/mol. The van der Waals surface area contributed by atoms with E-state index in [4.69, 9.17) is 5.11 Å². The van der Waals surface area contributed by atoms with Gasteiger partial charge in [-0.15, -0.1) is 0 Å². The van der Waals surface area contributed by atoms with E-state index in [1.54, 1.807) is 11.5 Å². The molecule has 20 heavy (non-hydrogen) atoms. The zero-order valence-corrected chi connectivity index (χ0v) is 13.0. The van der Waals surface area contributed by atoms with Crippen molar-refractivity contribution in [1.29, 1.82) is 0 Å². The fourth-order valence-electron chi connectivity index (χ4n) is 2.12. The summed E-state index contributed by atoms with van der Waals surface area (Å²) in [4.78, 5) is 23.3. The number of carboxylic acid groups (broad SMARTS) is 1. The quantitative estimate of drug-likeness (QED) is 0.847. The predicted octanol–water partition coefficient (Wildman–Crippen LogP) is 2.46. The van der Waals surface area contributed by atoms with Crippen LogP contribution in [-0.4, -0.2) is 25.3 Å². The molecule has 0 amide bonds. The highest BCUT2D eigenvalue weighted by Crippen LogP contribution is 2.21. The van der Waals surface area contributed by atoms with Gasteiger partial charge < -0.3 is 9.67 Å². The number of aromatic nitrogens is 3. The number of hydrogen-bond acceptors (Lipinski definition) is 3. The molecular weight excluding hydrogens is 326 g/mol. The Morgan fingerprint density at radius 1 is 1.45 bits per heavy atom. The van der Waals surface area contributed by atoms with Crippen LogP contribution in [0.3, 0.4) is 0 Å². The van der Waals surface area contributed by atoms with Crippen molar-refractivity contribution in [2.75, 3.05) is 0 Å². The molecule has 0 aliphatic carbocycles. The number of fused-ring (bicyclic) bond motifs is 1. The van der Waals surface area contributed by atoms with Crippen LogP contribution < -0.4 is 5.56 Å². The molecule has 1 N–H and O–H groups in total. The van der Waals surface area contributed by atoms with E-state index in [0.717, 1.165) is 28.3 Å². The molecule has 7 heteroatoms. The van der Waals surface area contributed by atoms with Crippen molar-refractivity contribution in [1.82, 2.24) is 14.2 Å². The molecule has 0 bridgehead atoms. The topological polar surface area (TPSA) is 76.6 Å². The first-order valence-electron chi connectivity index (χ1n) is 6.49. The van der Waals surface area contributed by atoms with Crippen LogP contribution in [0.2, 0.25) is 0 Å². The lowest BCUT2D eigenvalue weighted by molar-refractivity contribution is 0.0693. The summed E-state index contributed by atoms with van der Waals surface area (Å²) in [7, 11) is 0.